The number of nitrogens with zero attached hydrogens (tertiary/aromatic N) is 1. The molecule has 1 saturated heterocycles. The molecule has 0 amide bonds. The second kappa shape index (κ2) is 6.25. The van der Waals surface area contributed by atoms with Crippen LogP contribution in [0.15, 0.2) is 0 Å². The standard InChI is InChI=1S/C16H29NO2/c1-16(2)11-5-3-8-14(16)17-12-6-4-7-13(17)9-10-15(18)19/h13-14H,3-12H2,1-2H3,(H,18,19). The number of rotatable bonds is 4. The van der Waals surface area contributed by atoms with E-state index in [-0.39, 0.29) is 0 Å². The minimum Gasteiger partial charge on any atom is -0.481 e. The summed E-state index contributed by atoms with van der Waals surface area (Å²) in [6.07, 6.45) is 10.2. The van der Waals surface area contributed by atoms with E-state index < -0.39 is 5.97 Å². The van der Waals surface area contributed by atoms with Crippen LogP contribution in [0.1, 0.15) is 71.6 Å². The monoisotopic (exact) mass is 267 g/mol. The van der Waals surface area contributed by atoms with Gasteiger partial charge < -0.3 is 5.11 Å². The lowest BCUT2D eigenvalue weighted by atomic mass is 9.71. The molecule has 3 heteroatoms. The zero-order chi connectivity index (χ0) is 13.9. The van der Waals surface area contributed by atoms with Crippen molar-refractivity contribution in [1.82, 2.24) is 4.90 Å². The van der Waals surface area contributed by atoms with Gasteiger partial charge in [-0.25, -0.2) is 0 Å². The van der Waals surface area contributed by atoms with Crippen LogP contribution in [0.4, 0.5) is 0 Å². The molecule has 1 saturated carbocycles. The molecule has 2 aliphatic rings. The Balaban J connectivity index is 2.03. The van der Waals surface area contributed by atoms with Crippen molar-refractivity contribution >= 4 is 5.97 Å². The van der Waals surface area contributed by atoms with Gasteiger partial charge in [0.1, 0.15) is 0 Å². The summed E-state index contributed by atoms with van der Waals surface area (Å²) in [4.78, 5) is 13.5. The summed E-state index contributed by atoms with van der Waals surface area (Å²) in [5.41, 5.74) is 0.400. The molecular formula is C16H29NO2. The Morgan fingerprint density at radius 1 is 1.21 bits per heavy atom. The van der Waals surface area contributed by atoms with Gasteiger partial charge in [0.05, 0.1) is 0 Å². The van der Waals surface area contributed by atoms with Gasteiger partial charge in [-0.15, -0.1) is 0 Å². The average Bonchev–Trinajstić information content (AvgIpc) is 2.36. The molecule has 0 radical (unpaired) electrons. The predicted octanol–water partition coefficient (Wildman–Crippen LogP) is 3.67. The van der Waals surface area contributed by atoms with Crippen LogP contribution in [-0.4, -0.2) is 34.6 Å². The lowest BCUT2D eigenvalue weighted by molar-refractivity contribution is -0.137. The Hall–Kier alpha value is -0.570. The van der Waals surface area contributed by atoms with Gasteiger partial charge in [0, 0.05) is 18.5 Å². The molecular weight excluding hydrogens is 238 g/mol. The van der Waals surface area contributed by atoms with Gasteiger partial charge in [-0.05, 0) is 44.1 Å². The molecule has 1 heterocycles. The summed E-state index contributed by atoms with van der Waals surface area (Å²) in [7, 11) is 0. The molecule has 0 aromatic rings. The van der Waals surface area contributed by atoms with Gasteiger partial charge in [0.2, 0.25) is 0 Å². The Morgan fingerprint density at radius 3 is 2.63 bits per heavy atom. The minimum absolute atomic E-state index is 0.328. The SMILES string of the molecule is CC1(C)CCCCC1N1CCCCC1CCC(=O)O. The molecule has 19 heavy (non-hydrogen) atoms. The maximum atomic E-state index is 10.8. The molecule has 0 spiro atoms. The molecule has 3 nitrogen and oxygen atoms in total. The van der Waals surface area contributed by atoms with Gasteiger partial charge in [0.15, 0.2) is 0 Å². The van der Waals surface area contributed by atoms with Crippen LogP contribution in [0.5, 0.6) is 0 Å². The smallest absolute Gasteiger partial charge is 0.303 e. The summed E-state index contributed by atoms with van der Waals surface area (Å²) in [6.45, 7) is 5.98. The van der Waals surface area contributed by atoms with E-state index in [0.29, 0.717) is 23.9 Å². The van der Waals surface area contributed by atoms with E-state index >= 15 is 0 Å². The van der Waals surface area contributed by atoms with Gasteiger partial charge in [0.25, 0.3) is 0 Å². The van der Waals surface area contributed by atoms with Crippen LogP contribution in [0.25, 0.3) is 0 Å². The fourth-order valence-corrected chi connectivity index (χ4v) is 4.12. The maximum Gasteiger partial charge on any atom is 0.303 e. The highest BCUT2D eigenvalue weighted by atomic mass is 16.4. The fraction of sp³-hybridized carbons (Fsp3) is 0.938. The topological polar surface area (TPSA) is 40.5 Å². The van der Waals surface area contributed by atoms with E-state index in [9.17, 15) is 4.79 Å². The van der Waals surface area contributed by atoms with Crippen molar-refractivity contribution < 1.29 is 9.90 Å². The highest BCUT2D eigenvalue weighted by molar-refractivity contribution is 5.66. The third kappa shape index (κ3) is 3.71. The van der Waals surface area contributed by atoms with Crippen LogP contribution in [0.3, 0.4) is 0 Å². The van der Waals surface area contributed by atoms with E-state index in [1.54, 1.807) is 0 Å². The number of piperidine rings is 1. The van der Waals surface area contributed by atoms with E-state index in [1.807, 2.05) is 0 Å². The van der Waals surface area contributed by atoms with Crippen molar-refractivity contribution in [2.45, 2.75) is 83.7 Å². The van der Waals surface area contributed by atoms with Gasteiger partial charge in [-0.1, -0.05) is 33.1 Å². The van der Waals surface area contributed by atoms with E-state index in [1.165, 1.54) is 51.5 Å². The number of carbonyl (C=O) groups is 1. The van der Waals surface area contributed by atoms with E-state index in [4.69, 9.17) is 5.11 Å². The molecule has 1 aliphatic carbocycles. The zero-order valence-corrected chi connectivity index (χ0v) is 12.5. The summed E-state index contributed by atoms with van der Waals surface area (Å²) in [5, 5.41) is 8.92. The first-order valence-electron chi connectivity index (χ1n) is 7.98. The Kier molecular flexibility index (Phi) is 4.88. The largest absolute Gasteiger partial charge is 0.481 e. The molecule has 2 unspecified atom stereocenters. The third-order valence-electron chi connectivity index (χ3n) is 5.22. The molecule has 110 valence electrons. The first-order chi connectivity index (χ1) is 9.00. The number of hydrogen-bond donors (Lipinski definition) is 1. The number of carboxylic acids is 1. The van der Waals surface area contributed by atoms with Crippen molar-refractivity contribution in [2.24, 2.45) is 5.41 Å². The second-order valence-electron chi connectivity index (χ2n) is 7.07. The zero-order valence-electron chi connectivity index (χ0n) is 12.5. The summed E-state index contributed by atoms with van der Waals surface area (Å²) < 4.78 is 0. The van der Waals surface area contributed by atoms with Gasteiger partial charge in [-0.2, -0.15) is 0 Å². The molecule has 1 N–H and O–H groups in total. The molecule has 1 aliphatic heterocycles. The van der Waals surface area contributed by atoms with Crippen LogP contribution in [-0.2, 0) is 4.79 Å². The number of hydrogen-bond acceptors (Lipinski definition) is 2. The highest BCUT2D eigenvalue weighted by Crippen LogP contribution is 2.41. The molecule has 0 aromatic heterocycles. The van der Waals surface area contributed by atoms with Crippen molar-refractivity contribution in [3.8, 4) is 0 Å². The van der Waals surface area contributed by atoms with Crippen LogP contribution in [0, 0.1) is 5.41 Å². The lowest BCUT2D eigenvalue weighted by Gasteiger charge is -2.50. The molecule has 0 bridgehead atoms. The summed E-state index contributed by atoms with van der Waals surface area (Å²) in [5.74, 6) is -0.645. The summed E-state index contributed by atoms with van der Waals surface area (Å²) in [6, 6.07) is 1.17. The molecule has 0 aromatic carbocycles. The van der Waals surface area contributed by atoms with Crippen molar-refractivity contribution in [3.05, 3.63) is 0 Å². The highest BCUT2D eigenvalue weighted by Gasteiger charge is 2.39. The summed E-state index contributed by atoms with van der Waals surface area (Å²) >= 11 is 0. The van der Waals surface area contributed by atoms with E-state index in [0.717, 1.165) is 6.42 Å². The lowest BCUT2D eigenvalue weighted by Crippen LogP contribution is -2.53. The molecule has 2 atom stereocenters. The normalized spacial score (nSPS) is 32.1. The van der Waals surface area contributed by atoms with Gasteiger partial charge >= 0.3 is 5.97 Å². The molecule has 2 fully saturated rings. The van der Waals surface area contributed by atoms with Crippen molar-refractivity contribution in [2.75, 3.05) is 6.54 Å². The van der Waals surface area contributed by atoms with Crippen molar-refractivity contribution in [1.29, 1.82) is 0 Å². The van der Waals surface area contributed by atoms with Crippen LogP contribution >= 0.6 is 0 Å². The third-order valence-corrected chi connectivity index (χ3v) is 5.22. The Morgan fingerprint density at radius 2 is 1.95 bits per heavy atom. The maximum absolute atomic E-state index is 10.8. The fourth-order valence-electron chi connectivity index (χ4n) is 4.12. The molecule has 2 rings (SSSR count). The Bertz CT molecular complexity index is 314. The van der Waals surface area contributed by atoms with E-state index in [2.05, 4.69) is 18.7 Å². The van der Waals surface area contributed by atoms with Gasteiger partial charge in [-0.3, -0.25) is 9.69 Å². The van der Waals surface area contributed by atoms with Crippen molar-refractivity contribution in [3.63, 3.8) is 0 Å². The first-order valence-corrected chi connectivity index (χ1v) is 7.98. The number of likely N-dealkylation sites (tertiary alicyclic amines) is 1. The second-order valence-corrected chi connectivity index (χ2v) is 7.07. The first kappa shape index (κ1) is 14.8. The predicted molar refractivity (Wildman–Crippen MR) is 77.3 cm³/mol. The average molecular weight is 267 g/mol. The number of aliphatic carboxylic acids is 1. The number of carboxylic acid groups (broad SMARTS) is 1. The van der Waals surface area contributed by atoms with Crippen LogP contribution < -0.4 is 0 Å². The van der Waals surface area contributed by atoms with Crippen LogP contribution in [0.2, 0.25) is 0 Å². The quantitative estimate of drug-likeness (QED) is 0.844. The Labute approximate surface area is 117 Å². The minimum atomic E-state index is -0.645.